The molecule has 2 fully saturated rings. The van der Waals surface area contributed by atoms with E-state index in [0.29, 0.717) is 51.8 Å². The number of fused-ring (bicyclic) bond motifs is 2. The Labute approximate surface area is 240 Å². The van der Waals surface area contributed by atoms with Gasteiger partial charge in [0.25, 0.3) is 0 Å². The van der Waals surface area contributed by atoms with E-state index in [1.807, 2.05) is 36.1 Å². The lowest BCUT2D eigenvalue weighted by molar-refractivity contribution is -0.126. The molecule has 0 saturated carbocycles. The van der Waals surface area contributed by atoms with Gasteiger partial charge in [-0.25, -0.2) is 0 Å². The second-order valence-electron chi connectivity index (χ2n) is 11.3. The number of carbonyl (C=O) groups excluding carboxylic acids is 1. The van der Waals surface area contributed by atoms with Crippen LogP contribution in [0.5, 0.6) is 11.8 Å². The zero-order valence-electron chi connectivity index (χ0n) is 23.6. The van der Waals surface area contributed by atoms with Gasteiger partial charge in [-0.05, 0) is 37.3 Å². The van der Waals surface area contributed by atoms with Gasteiger partial charge in [0.2, 0.25) is 5.91 Å². The van der Waals surface area contributed by atoms with E-state index in [-0.39, 0.29) is 23.9 Å². The molecular formula is C31H38N6O4. The molecule has 0 radical (unpaired) electrons. The first-order valence-electron chi connectivity index (χ1n) is 14.5. The normalized spacial score (nSPS) is 20.2. The number of aromatic nitrogens is 2. The molecule has 216 valence electrons. The smallest absolute Gasteiger partial charge is 0.318 e. The summed E-state index contributed by atoms with van der Waals surface area (Å²) in [6.45, 7) is 11.7. The number of benzene rings is 2. The minimum absolute atomic E-state index is 0.0479. The molecule has 6 rings (SSSR count). The Morgan fingerprint density at radius 1 is 1.12 bits per heavy atom. The van der Waals surface area contributed by atoms with E-state index in [1.54, 1.807) is 6.07 Å². The van der Waals surface area contributed by atoms with E-state index in [9.17, 15) is 15.0 Å². The lowest BCUT2D eigenvalue weighted by Crippen LogP contribution is -2.49. The number of phenolic OH excluding ortho intramolecular Hbond substituents is 1. The van der Waals surface area contributed by atoms with Crippen LogP contribution in [0.25, 0.3) is 10.8 Å². The summed E-state index contributed by atoms with van der Waals surface area (Å²) >= 11 is 0. The number of piperazine rings is 1. The predicted molar refractivity (Wildman–Crippen MR) is 159 cm³/mol. The number of β-amino-alcohol motifs (C(OH)–C–C–N with tert-alkyl or cyclic N) is 1. The Hall–Kier alpha value is -3.89. The third-order valence-corrected chi connectivity index (χ3v) is 8.32. The van der Waals surface area contributed by atoms with Gasteiger partial charge in [-0.1, -0.05) is 30.8 Å². The van der Waals surface area contributed by atoms with Crippen LogP contribution in [0.1, 0.15) is 24.6 Å². The number of phenols is 1. The van der Waals surface area contributed by atoms with Crippen LogP contribution in [0.4, 0.5) is 11.5 Å². The Morgan fingerprint density at radius 3 is 2.68 bits per heavy atom. The van der Waals surface area contributed by atoms with E-state index >= 15 is 0 Å². The van der Waals surface area contributed by atoms with Gasteiger partial charge in [-0.15, -0.1) is 0 Å². The molecule has 1 aromatic heterocycles. The minimum Gasteiger partial charge on any atom is -0.508 e. The number of rotatable bonds is 7. The molecule has 10 nitrogen and oxygen atoms in total. The van der Waals surface area contributed by atoms with Crippen molar-refractivity contribution in [3.8, 4) is 11.8 Å². The molecule has 2 saturated heterocycles. The van der Waals surface area contributed by atoms with Crippen LogP contribution < -0.4 is 14.5 Å². The molecule has 0 aliphatic carbocycles. The number of carbonyl (C=O) groups is 1. The summed E-state index contributed by atoms with van der Waals surface area (Å²) in [6.07, 6.45) is 2.48. The first kappa shape index (κ1) is 27.3. The number of anilines is 2. The Balaban J connectivity index is 1.29. The SMILES string of the molecule is C=CC(=O)N1CCN(c2nc(O[C@H](C)CN3CC[C@H](O)C3)nc3c2CCN(c2cc(O)cc4ccccc24)C3)CC1. The molecule has 4 heterocycles. The van der Waals surface area contributed by atoms with E-state index in [1.165, 1.54) is 6.08 Å². The van der Waals surface area contributed by atoms with Gasteiger partial charge in [0.1, 0.15) is 17.7 Å². The number of aliphatic hydroxyl groups excluding tert-OH is 1. The summed E-state index contributed by atoms with van der Waals surface area (Å²) in [5.74, 6) is 1.07. The highest BCUT2D eigenvalue weighted by molar-refractivity contribution is 5.95. The topological polar surface area (TPSA) is 106 Å². The second kappa shape index (κ2) is 11.5. The summed E-state index contributed by atoms with van der Waals surface area (Å²) in [5, 5.41) is 22.5. The molecule has 2 atom stereocenters. The Kier molecular flexibility index (Phi) is 7.68. The monoisotopic (exact) mass is 558 g/mol. The minimum atomic E-state index is -0.278. The number of ether oxygens (including phenoxy) is 1. The lowest BCUT2D eigenvalue weighted by Gasteiger charge is -2.38. The zero-order chi connectivity index (χ0) is 28.5. The largest absolute Gasteiger partial charge is 0.508 e. The number of aromatic hydroxyl groups is 1. The van der Waals surface area contributed by atoms with Crippen molar-refractivity contribution in [3.63, 3.8) is 0 Å². The molecule has 0 bridgehead atoms. The van der Waals surface area contributed by atoms with E-state index in [4.69, 9.17) is 14.7 Å². The fourth-order valence-corrected chi connectivity index (χ4v) is 6.27. The molecule has 2 aromatic carbocycles. The van der Waals surface area contributed by atoms with Gasteiger partial charge in [-0.3, -0.25) is 9.69 Å². The number of hydrogen-bond donors (Lipinski definition) is 2. The average molecular weight is 559 g/mol. The number of hydrogen-bond acceptors (Lipinski definition) is 9. The molecule has 3 aromatic rings. The van der Waals surface area contributed by atoms with E-state index in [2.05, 4.69) is 27.3 Å². The first-order chi connectivity index (χ1) is 19.9. The molecule has 3 aliphatic heterocycles. The maximum atomic E-state index is 12.2. The second-order valence-corrected chi connectivity index (χ2v) is 11.3. The van der Waals surface area contributed by atoms with Gasteiger partial charge in [0, 0.05) is 75.1 Å². The van der Waals surface area contributed by atoms with Crippen molar-refractivity contribution in [3.05, 3.63) is 60.3 Å². The van der Waals surface area contributed by atoms with Crippen molar-refractivity contribution in [2.45, 2.75) is 38.5 Å². The fourth-order valence-electron chi connectivity index (χ4n) is 6.27. The van der Waals surface area contributed by atoms with Crippen LogP contribution in [-0.2, 0) is 17.8 Å². The molecule has 0 spiro atoms. The highest BCUT2D eigenvalue weighted by atomic mass is 16.5. The predicted octanol–water partition coefficient (Wildman–Crippen LogP) is 2.57. The summed E-state index contributed by atoms with van der Waals surface area (Å²) < 4.78 is 6.31. The number of nitrogens with zero attached hydrogens (tertiary/aromatic N) is 6. The van der Waals surface area contributed by atoms with E-state index < -0.39 is 0 Å². The zero-order valence-corrected chi connectivity index (χ0v) is 23.6. The molecule has 10 heteroatoms. The standard InChI is InChI=1S/C31H38N6O4/c1-3-29(40)35-12-14-36(15-13-35)30-26-9-11-37(28-17-24(39)16-22-6-4-5-7-25(22)28)20-27(26)32-31(33-30)41-21(2)18-34-10-8-23(38)19-34/h3-7,16-17,21,23,38-39H,1,8-15,18-20H2,2H3/t21-,23+/m1/s1. The van der Waals surface area contributed by atoms with Crippen LogP contribution >= 0.6 is 0 Å². The van der Waals surface area contributed by atoms with Crippen molar-refractivity contribution in [1.29, 1.82) is 0 Å². The maximum Gasteiger partial charge on any atom is 0.318 e. The van der Waals surface area contributed by atoms with E-state index in [0.717, 1.165) is 59.5 Å². The summed E-state index contributed by atoms with van der Waals surface area (Å²) in [6, 6.07) is 12.1. The molecule has 1 amide bonds. The van der Waals surface area contributed by atoms with Crippen molar-refractivity contribution < 1.29 is 19.7 Å². The molecule has 2 N–H and O–H groups in total. The van der Waals surface area contributed by atoms with Gasteiger partial charge < -0.3 is 29.6 Å². The molecule has 0 unspecified atom stereocenters. The van der Waals surface area contributed by atoms with Crippen LogP contribution in [0.2, 0.25) is 0 Å². The van der Waals surface area contributed by atoms with Crippen molar-refractivity contribution in [1.82, 2.24) is 19.8 Å². The first-order valence-corrected chi connectivity index (χ1v) is 14.5. The van der Waals surface area contributed by atoms with Crippen molar-refractivity contribution in [2.75, 3.05) is 62.2 Å². The molecule has 41 heavy (non-hydrogen) atoms. The number of likely N-dealkylation sites (tertiary alicyclic amines) is 1. The van der Waals surface area contributed by atoms with Gasteiger partial charge in [-0.2, -0.15) is 9.97 Å². The Bertz CT molecular complexity index is 1440. The van der Waals surface area contributed by atoms with Crippen LogP contribution in [-0.4, -0.2) is 100 Å². The summed E-state index contributed by atoms with van der Waals surface area (Å²) in [5.41, 5.74) is 3.00. The molecular weight excluding hydrogens is 520 g/mol. The number of amides is 1. The summed E-state index contributed by atoms with van der Waals surface area (Å²) in [4.78, 5) is 30.6. The average Bonchev–Trinajstić information content (AvgIpc) is 3.39. The van der Waals surface area contributed by atoms with Crippen molar-refractivity contribution in [2.24, 2.45) is 0 Å². The maximum absolute atomic E-state index is 12.2. The van der Waals surface area contributed by atoms with Crippen LogP contribution in [0.3, 0.4) is 0 Å². The Morgan fingerprint density at radius 2 is 1.93 bits per heavy atom. The third kappa shape index (κ3) is 5.80. The van der Waals surface area contributed by atoms with Gasteiger partial charge in [0.15, 0.2) is 0 Å². The van der Waals surface area contributed by atoms with Gasteiger partial charge >= 0.3 is 6.01 Å². The van der Waals surface area contributed by atoms with Crippen LogP contribution in [0, 0.1) is 0 Å². The highest BCUT2D eigenvalue weighted by Crippen LogP contribution is 2.36. The van der Waals surface area contributed by atoms with Crippen LogP contribution in [0.15, 0.2) is 49.1 Å². The lowest BCUT2D eigenvalue weighted by atomic mass is 10.0. The highest BCUT2D eigenvalue weighted by Gasteiger charge is 2.30. The van der Waals surface area contributed by atoms with Crippen molar-refractivity contribution >= 4 is 28.2 Å². The quantitative estimate of drug-likeness (QED) is 0.424. The third-order valence-electron chi connectivity index (χ3n) is 8.32. The molecule has 3 aliphatic rings. The summed E-state index contributed by atoms with van der Waals surface area (Å²) in [7, 11) is 0. The van der Waals surface area contributed by atoms with Gasteiger partial charge in [0.05, 0.1) is 18.3 Å². The fraction of sp³-hybridized carbons (Fsp3) is 0.452. The number of aliphatic hydroxyl groups is 1.